The van der Waals surface area contributed by atoms with E-state index in [0.29, 0.717) is 11.4 Å². The zero-order valence-electron chi connectivity index (χ0n) is 11.8. The molecule has 0 aliphatic heterocycles. The van der Waals surface area contributed by atoms with Gasteiger partial charge in [-0.05, 0) is 26.8 Å². The first-order chi connectivity index (χ1) is 8.93. The third-order valence-electron chi connectivity index (χ3n) is 3.29. The van der Waals surface area contributed by atoms with Gasteiger partial charge in [0.2, 0.25) is 0 Å². The number of rotatable bonds is 4. The summed E-state index contributed by atoms with van der Waals surface area (Å²) in [4.78, 5) is 0. The Bertz CT molecular complexity index is 584. The molecule has 2 heterocycles. The van der Waals surface area contributed by atoms with Crippen LogP contribution in [0.25, 0.3) is 0 Å². The highest BCUT2D eigenvalue weighted by atomic mass is 35.5. The van der Waals surface area contributed by atoms with Crippen LogP contribution in [0.2, 0.25) is 5.02 Å². The van der Waals surface area contributed by atoms with Crippen molar-refractivity contribution in [1.29, 1.82) is 0 Å². The Morgan fingerprint density at radius 1 is 1.37 bits per heavy atom. The molecule has 0 saturated carbocycles. The number of hydrogen-bond acceptors (Lipinski definition) is 3. The Morgan fingerprint density at radius 3 is 2.58 bits per heavy atom. The van der Waals surface area contributed by atoms with Crippen molar-refractivity contribution in [2.24, 2.45) is 12.8 Å². The van der Waals surface area contributed by atoms with Crippen LogP contribution in [0, 0.1) is 13.8 Å². The monoisotopic (exact) mass is 281 g/mol. The molecule has 0 aromatic carbocycles. The summed E-state index contributed by atoms with van der Waals surface area (Å²) >= 11 is 6.26. The van der Waals surface area contributed by atoms with Crippen LogP contribution in [-0.4, -0.2) is 19.6 Å². The van der Waals surface area contributed by atoms with Crippen molar-refractivity contribution in [3.8, 4) is 0 Å². The molecule has 2 aromatic rings. The quantitative estimate of drug-likeness (QED) is 0.934. The molecular formula is C13H20ClN5. The maximum absolute atomic E-state index is 6.30. The lowest BCUT2D eigenvalue weighted by molar-refractivity contribution is 0.553. The smallest absolute Gasteiger partial charge is 0.0847 e. The minimum atomic E-state index is -0.131. The van der Waals surface area contributed by atoms with Gasteiger partial charge in [-0.1, -0.05) is 11.6 Å². The Kier molecular flexibility index (Phi) is 3.96. The lowest BCUT2D eigenvalue weighted by Crippen LogP contribution is -2.19. The number of halogens is 1. The van der Waals surface area contributed by atoms with Gasteiger partial charge in [-0.2, -0.15) is 10.2 Å². The van der Waals surface area contributed by atoms with Crippen LogP contribution in [0.3, 0.4) is 0 Å². The summed E-state index contributed by atoms with van der Waals surface area (Å²) in [5.74, 6) is 0. The molecule has 104 valence electrons. The van der Waals surface area contributed by atoms with E-state index in [9.17, 15) is 0 Å². The van der Waals surface area contributed by atoms with Crippen molar-refractivity contribution in [3.63, 3.8) is 0 Å². The van der Waals surface area contributed by atoms with Gasteiger partial charge in [-0.15, -0.1) is 0 Å². The molecule has 0 saturated heterocycles. The molecule has 2 N–H and O–H groups in total. The predicted molar refractivity (Wildman–Crippen MR) is 76.2 cm³/mol. The molecule has 0 aliphatic carbocycles. The number of aromatic nitrogens is 4. The molecule has 2 aromatic heterocycles. The second-order valence-corrected chi connectivity index (χ2v) is 5.18. The molecule has 0 spiro atoms. The fourth-order valence-corrected chi connectivity index (χ4v) is 2.57. The van der Waals surface area contributed by atoms with E-state index in [1.807, 2.05) is 31.6 Å². The highest BCUT2D eigenvalue weighted by Gasteiger charge is 2.18. The van der Waals surface area contributed by atoms with Crippen LogP contribution in [0.15, 0.2) is 6.07 Å². The molecule has 5 nitrogen and oxygen atoms in total. The Balaban J connectivity index is 2.27. The van der Waals surface area contributed by atoms with E-state index in [0.717, 1.165) is 29.3 Å². The largest absolute Gasteiger partial charge is 0.322 e. The van der Waals surface area contributed by atoms with Gasteiger partial charge in [0.05, 0.1) is 33.8 Å². The highest BCUT2D eigenvalue weighted by Crippen LogP contribution is 2.24. The molecule has 1 unspecified atom stereocenters. The highest BCUT2D eigenvalue weighted by molar-refractivity contribution is 6.31. The van der Waals surface area contributed by atoms with Crippen molar-refractivity contribution in [2.45, 2.75) is 39.8 Å². The molecule has 6 heteroatoms. The van der Waals surface area contributed by atoms with Crippen LogP contribution < -0.4 is 5.73 Å². The van der Waals surface area contributed by atoms with Gasteiger partial charge in [-0.25, -0.2) is 0 Å². The zero-order chi connectivity index (χ0) is 14.2. The van der Waals surface area contributed by atoms with Crippen molar-refractivity contribution < 1.29 is 0 Å². The summed E-state index contributed by atoms with van der Waals surface area (Å²) in [6.45, 7) is 6.75. The Hall–Kier alpha value is -1.33. The molecule has 19 heavy (non-hydrogen) atoms. The van der Waals surface area contributed by atoms with Crippen molar-refractivity contribution >= 4 is 11.6 Å². The third kappa shape index (κ3) is 2.67. The average molecular weight is 282 g/mol. The van der Waals surface area contributed by atoms with Gasteiger partial charge in [0, 0.05) is 20.0 Å². The second-order valence-electron chi connectivity index (χ2n) is 4.81. The lowest BCUT2D eigenvalue weighted by atomic mass is 10.1. The molecule has 0 aliphatic rings. The van der Waals surface area contributed by atoms with Crippen LogP contribution in [0.1, 0.15) is 35.7 Å². The van der Waals surface area contributed by atoms with E-state index in [1.54, 1.807) is 4.68 Å². The normalized spacial score (nSPS) is 12.9. The summed E-state index contributed by atoms with van der Waals surface area (Å²) in [7, 11) is 1.89. The molecule has 1 atom stereocenters. The van der Waals surface area contributed by atoms with Crippen molar-refractivity contribution in [2.75, 3.05) is 0 Å². The van der Waals surface area contributed by atoms with E-state index in [4.69, 9.17) is 17.3 Å². The summed E-state index contributed by atoms with van der Waals surface area (Å²) in [6.07, 6.45) is 0.654. The fourth-order valence-electron chi connectivity index (χ4n) is 2.33. The van der Waals surface area contributed by atoms with Gasteiger partial charge < -0.3 is 5.73 Å². The number of hydrogen-bond donors (Lipinski definition) is 1. The Morgan fingerprint density at radius 2 is 2.05 bits per heavy atom. The Labute approximate surface area is 118 Å². The summed E-state index contributed by atoms with van der Waals surface area (Å²) < 4.78 is 3.74. The van der Waals surface area contributed by atoms with Crippen LogP contribution in [0.5, 0.6) is 0 Å². The maximum atomic E-state index is 6.30. The second kappa shape index (κ2) is 5.35. The average Bonchev–Trinajstić information content (AvgIpc) is 2.85. The van der Waals surface area contributed by atoms with Crippen molar-refractivity contribution in [3.05, 3.63) is 33.9 Å². The van der Waals surface area contributed by atoms with Crippen LogP contribution >= 0.6 is 11.6 Å². The van der Waals surface area contributed by atoms with Gasteiger partial charge in [0.1, 0.15) is 0 Å². The number of nitrogens with two attached hydrogens (primary N) is 1. The van der Waals surface area contributed by atoms with Gasteiger partial charge in [0.25, 0.3) is 0 Å². The minimum Gasteiger partial charge on any atom is -0.322 e. The van der Waals surface area contributed by atoms with Crippen LogP contribution in [0.4, 0.5) is 0 Å². The standard InChI is InChI=1S/C13H20ClN5/c1-5-19-11(6-8(2)16-19)10(15)7-12-13(14)9(3)17-18(12)4/h6,10H,5,7,15H2,1-4H3. The first-order valence-electron chi connectivity index (χ1n) is 6.42. The fraction of sp³-hybridized carbons (Fsp3) is 0.538. The van der Waals surface area contributed by atoms with E-state index < -0.39 is 0 Å². The van der Waals surface area contributed by atoms with Gasteiger partial charge in [-0.3, -0.25) is 9.36 Å². The first-order valence-corrected chi connectivity index (χ1v) is 6.79. The van der Waals surface area contributed by atoms with Crippen LogP contribution in [-0.2, 0) is 20.0 Å². The number of nitrogens with zero attached hydrogens (tertiary/aromatic N) is 4. The minimum absolute atomic E-state index is 0.131. The summed E-state index contributed by atoms with van der Waals surface area (Å²) in [5.41, 5.74) is 10.1. The molecule has 0 radical (unpaired) electrons. The molecule has 0 bridgehead atoms. The predicted octanol–water partition coefficient (Wildman–Crippen LogP) is 2.15. The summed E-state index contributed by atoms with van der Waals surface area (Å²) in [6, 6.07) is 1.90. The van der Waals surface area contributed by atoms with Crippen molar-refractivity contribution in [1.82, 2.24) is 19.6 Å². The topological polar surface area (TPSA) is 61.7 Å². The molecule has 2 rings (SSSR count). The van der Waals surface area contributed by atoms with E-state index in [2.05, 4.69) is 17.1 Å². The molecule has 0 fully saturated rings. The first kappa shape index (κ1) is 14.1. The molecule has 0 amide bonds. The van der Waals surface area contributed by atoms with Gasteiger partial charge >= 0.3 is 0 Å². The third-order valence-corrected chi connectivity index (χ3v) is 3.78. The van der Waals surface area contributed by atoms with E-state index >= 15 is 0 Å². The zero-order valence-corrected chi connectivity index (χ0v) is 12.6. The van der Waals surface area contributed by atoms with E-state index in [-0.39, 0.29) is 6.04 Å². The van der Waals surface area contributed by atoms with E-state index in [1.165, 1.54) is 0 Å². The maximum Gasteiger partial charge on any atom is 0.0847 e. The summed E-state index contributed by atoms with van der Waals surface area (Å²) in [5, 5.41) is 9.44. The lowest BCUT2D eigenvalue weighted by Gasteiger charge is -2.13. The van der Waals surface area contributed by atoms with Gasteiger partial charge in [0.15, 0.2) is 0 Å². The molecular weight excluding hydrogens is 262 g/mol. The number of aryl methyl sites for hydroxylation is 4. The SMILES string of the molecule is CCn1nc(C)cc1C(N)Cc1c(Cl)c(C)nn1C.